The first-order chi connectivity index (χ1) is 20.6. The summed E-state index contributed by atoms with van der Waals surface area (Å²) in [6.07, 6.45) is 10.8. The van der Waals surface area contributed by atoms with Gasteiger partial charge in [-0.2, -0.15) is 0 Å². The second kappa shape index (κ2) is 13.0. The second-order valence-electron chi connectivity index (χ2n) is 20.5. The van der Waals surface area contributed by atoms with Crippen molar-refractivity contribution in [2.45, 2.75) is 202 Å². The summed E-state index contributed by atoms with van der Waals surface area (Å²) in [6.45, 7) is 38.3. The van der Waals surface area contributed by atoms with Crippen LogP contribution in [0.4, 0.5) is 0 Å². The lowest BCUT2D eigenvalue weighted by molar-refractivity contribution is -0.0642. The van der Waals surface area contributed by atoms with Crippen molar-refractivity contribution in [1.82, 2.24) is 9.80 Å². The van der Waals surface area contributed by atoms with Crippen molar-refractivity contribution >= 4 is 0 Å². The average Bonchev–Trinajstić information content (AvgIpc) is 2.88. The van der Waals surface area contributed by atoms with Gasteiger partial charge in [-0.3, -0.25) is 9.80 Å². The molecule has 3 nitrogen and oxygen atoms in total. The molecule has 2 fully saturated rings. The molecule has 0 spiro atoms. The van der Waals surface area contributed by atoms with Gasteiger partial charge in [0.05, 0.1) is 0 Å². The van der Waals surface area contributed by atoms with E-state index in [1.54, 1.807) is 0 Å². The standard InChI is InChI=1S/C43H77N2O/c1-19-21-22-43(20-2,25-30-23-33(37(3,4)5)36(46)34(24-30)38(6,7)8)35(31-26-39(9,10)44(17)40(11,12)27-31)32-28-41(13,14)45(18)42(15,16)29-32/h23-24,31-32,46H,19-22,25-29H2,1-18H3. The van der Waals surface area contributed by atoms with Crippen LogP contribution in [0, 0.1) is 23.2 Å². The number of phenolic OH excluding ortho intramolecular Hbond substituents is 1. The number of piperidine rings is 2. The Bertz CT molecular complexity index is 1080. The van der Waals surface area contributed by atoms with Crippen molar-refractivity contribution in [1.29, 1.82) is 0 Å². The summed E-state index contributed by atoms with van der Waals surface area (Å²) in [7, 11) is 4.72. The topological polar surface area (TPSA) is 26.7 Å². The summed E-state index contributed by atoms with van der Waals surface area (Å²) >= 11 is 0. The maximum atomic E-state index is 11.7. The summed E-state index contributed by atoms with van der Waals surface area (Å²) in [5.41, 5.74) is 4.00. The lowest BCUT2D eigenvalue weighted by Crippen LogP contribution is -2.63. The number of hydrogen-bond acceptors (Lipinski definition) is 3. The summed E-state index contributed by atoms with van der Waals surface area (Å²) in [5.74, 6) is 3.56. The zero-order valence-corrected chi connectivity index (χ0v) is 34.0. The fourth-order valence-corrected chi connectivity index (χ4v) is 10.1. The van der Waals surface area contributed by atoms with Gasteiger partial charge in [0.25, 0.3) is 0 Å². The summed E-state index contributed by atoms with van der Waals surface area (Å²) in [6, 6.07) is 4.78. The predicted octanol–water partition coefficient (Wildman–Crippen LogP) is 11.5. The number of likely N-dealkylation sites (tertiary alicyclic amines) is 2. The van der Waals surface area contributed by atoms with Crippen LogP contribution in [0.3, 0.4) is 0 Å². The molecule has 1 unspecified atom stereocenters. The van der Waals surface area contributed by atoms with Gasteiger partial charge in [0.15, 0.2) is 0 Å². The van der Waals surface area contributed by atoms with Crippen LogP contribution >= 0.6 is 0 Å². The minimum atomic E-state index is -0.130. The maximum absolute atomic E-state index is 11.7. The molecule has 1 aromatic carbocycles. The van der Waals surface area contributed by atoms with Crippen LogP contribution in [0.1, 0.15) is 179 Å². The van der Waals surface area contributed by atoms with Crippen LogP contribution in [0.25, 0.3) is 0 Å². The minimum Gasteiger partial charge on any atom is -0.507 e. The van der Waals surface area contributed by atoms with Crippen molar-refractivity contribution < 1.29 is 5.11 Å². The molecule has 2 heterocycles. The van der Waals surface area contributed by atoms with E-state index in [0.29, 0.717) is 17.6 Å². The highest BCUT2D eigenvalue weighted by Gasteiger charge is 2.56. The molecule has 2 saturated heterocycles. The molecule has 0 bridgehead atoms. The monoisotopic (exact) mass is 638 g/mol. The smallest absolute Gasteiger partial charge is 0.123 e. The second-order valence-corrected chi connectivity index (χ2v) is 20.5. The zero-order chi connectivity index (χ0) is 35.5. The van der Waals surface area contributed by atoms with E-state index >= 15 is 0 Å². The van der Waals surface area contributed by atoms with Gasteiger partial charge in [0, 0.05) is 22.2 Å². The van der Waals surface area contributed by atoms with Crippen LogP contribution in [-0.2, 0) is 17.3 Å². The molecule has 1 atom stereocenters. The van der Waals surface area contributed by atoms with Crippen molar-refractivity contribution in [3.05, 3.63) is 34.7 Å². The van der Waals surface area contributed by atoms with Crippen LogP contribution < -0.4 is 0 Å². The molecule has 2 aliphatic heterocycles. The van der Waals surface area contributed by atoms with Gasteiger partial charge in [-0.1, -0.05) is 80.4 Å². The molecule has 0 saturated carbocycles. The molecule has 1 radical (unpaired) electrons. The Labute approximate surface area is 287 Å². The van der Waals surface area contributed by atoms with E-state index in [-0.39, 0.29) is 38.4 Å². The normalized spacial score (nSPS) is 24.3. The molecule has 3 rings (SSSR count). The van der Waals surface area contributed by atoms with E-state index in [1.165, 1.54) is 56.9 Å². The molecule has 2 aliphatic rings. The van der Waals surface area contributed by atoms with E-state index in [1.807, 2.05) is 5.92 Å². The Morgan fingerprint density at radius 2 is 1.04 bits per heavy atom. The molecule has 0 aromatic heterocycles. The summed E-state index contributed by atoms with van der Waals surface area (Å²) in [4.78, 5) is 5.34. The number of rotatable bonds is 9. The van der Waals surface area contributed by atoms with Gasteiger partial charge in [-0.05, 0) is 165 Å². The highest BCUT2D eigenvalue weighted by molar-refractivity contribution is 5.50. The first-order valence-electron chi connectivity index (χ1n) is 18.9. The highest BCUT2D eigenvalue weighted by Crippen LogP contribution is 2.60. The van der Waals surface area contributed by atoms with Gasteiger partial charge >= 0.3 is 0 Å². The average molecular weight is 638 g/mol. The lowest BCUT2D eigenvalue weighted by Gasteiger charge is -2.62. The fourth-order valence-electron chi connectivity index (χ4n) is 10.1. The largest absolute Gasteiger partial charge is 0.507 e. The van der Waals surface area contributed by atoms with Crippen LogP contribution in [0.15, 0.2) is 12.1 Å². The third kappa shape index (κ3) is 7.87. The minimum absolute atomic E-state index is 0.108. The molecule has 1 N–H and O–H groups in total. The van der Waals surface area contributed by atoms with E-state index < -0.39 is 0 Å². The number of unbranched alkanes of at least 4 members (excludes halogenated alkanes) is 1. The first kappa shape index (κ1) is 39.4. The number of benzene rings is 1. The molecular formula is C43H77N2O. The molecule has 265 valence electrons. The molecular weight excluding hydrogens is 560 g/mol. The van der Waals surface area contributed by atoms with E-state index in [9.17, 15) is 5.11 Å². The van der Waals surface area contributed by atoms with Crippen molar-refractivity contribution in [3.63, 3.8) is 0 Å². The Morgan fingerprint density at radius 1 is 0.696 bits per heavy atom. The maximum Gasteiger partial charge on any atom is 0.123 e. The summed E-state index contributed by atoms with van der Waals surface area (Å²) in [5, 5.41) is 11.7. The Morgan fingerprint density at radius 3 is 1.33 bits per heavy atom. The van der Waals surface area contributed by atoms with E-state index in [4.69, 9.17) is 0 Å². The Balaban J connectivity index is 2.34. The molecule has 46 heavy (non-hydrogen) atoms. The molecule has 0 aliphatic carbocycles. The Kier molecular flexibility index (Phi) is 11.1. The van der Waals surface area contributed by atoms with Gasteiger partial charge in [0.2, 0.25) is 0 Å². The number of hydrogen-bond donors (Lipinski definition) is 1. The fraction of sp³-hybridized carbons (Fsp3) is 0.837. The van der Waals surface area contributed by atoms with Crippen LogP contribution in [-0.4, -0.2) is 51.2 Å². The van der Waals surface area contributed by atoms with Gasteiger partial charge in [-0.15, -0.1) is 0 Å². The molecule has 1 aromatic rings. The van der Waals surface area contributed by atoms with Gasteiger partial charge < -0.3 is 5.11 Å². The Hall–Kier alpha value is -1.06. The zero-order valence-electron chi connectivity index (χ0n) is 34.0. The summed E-state index contributed by atoms with van der Waals surface area (Å²) < 4.78 is 0. The van der Waals surface area contributed by atoms with Crippen molar-refractivity contribution in [3.8, 4) is 5.75 Å². The van der Waals surface area contributed by atoms with Crippen molar-refractivity contribution in [2.24, 2.45) is 17.3 Å². The first-order valence-corrected chi connectivity index (χ1v) is 18.9. The number of aromatic hydroxyl groups is 1. The SMILES string of the molecule is CCCCC(CC)(Cc1cc(C(C)(C)C)c(O)c(C(C)(C)C)c1)[C](C1CC(C)(C)N(C)C(C)(C)C1)C1CC(C)(C)N(C)C(C)(C)C1. The van der Waals surface area contributed by atoms with Gasteiger partial charge in [0.1, 0.15) is 5.75 Å². The molecule has 3 heteroatoms. The van der Waals surface area contributed by atoms with Crippen LogP contribution in [0.5, 0.6) is 5.75 Å². The van der Waals surface area contributed by atoms with E-state index in [2.05, 4.69) is 147 Å². The predicted molar refractivity (Wildman–Crippen MR) is 202 cm³/mol. The van der Waals surface area contributed by atoms with E-state index in [0.717, 1.165) is 17.5 Å². The van der Waals surface area contributed by atoms with Crippen molar-refractivity contribution in [2.75, 3.05) is 14.1 Å². The number of phenols is 1. The highest BCUT2D eigenvalue weighted by atomic mass is 16.3. The quantitative estimate of drug-likeness (QED) is 0.292. The number of nitrogens with zero attached hydrogens (tertiary/aromatic N) is 2. The third-order valence-corrected chi connectivity index (χ3v) is 13.1. The van der Waals surface area contributed by atoms with Crippen LogP contribution in [0.2, 0.25) is 0 Å². The molecule has 0 amide bonds. The van der Waals surface area contributed by atoms with Gasteiger partial charge in [-0.25, -0.2) is 0 Å². The lowest BCUT2D eigenvalue weighted by atomic mass is 9.51. The third-order valence-electron chi connectivity index (χ3n) is 13.1.